The number of methoxy groups -OCH3 is 2. The van der Waals surface area contributed by atoms with Gasteiger partial charge in [0.15, 0.2) is 5.82 Å². The van der Waals surface area contributed by atoms with Crippen LogP contribution in [0.15, 0.2) is 53.7 Å². The summed E-state index contributed by atoms with van der Waals surface area (Å²) in [5, 5.41) is 4.73. The monoisotopic (exact) mass is 466 g/mol. The maximum atomic E-state index is 13.1. The molecular formula is C23H22N4O3S2. The maximum Gasteiger partial charge on any atom is 0.266 e. The first-order valence-corrected chi connectivity index (χ1v) is 11.7. The molecule has 3 heterocycles. The molecule has 0 spiro atoms. The Bertz CT molecular complexity index is 1240. The molecule has 3 aromatic heterocycles. The number of fused-ring (bicyclic) bond motifs is 1. The summed E-state index contributed by atoms with van der Waals surface area (Å²) in [5.74, 6) is 1.54. The van der Waals surface area contributed by atoms with Crippen molar-refractivity contribution in [2.24, 2.45) is 0 Å². The highest BCUT2D eigenvalue weighted by Crippen LogP contribution is 2.35. The van der Waals surface area contributed by atoms with Crippen molar-refractivity contribution in [2.45, 2.75) is 24.3 Å². The molecule has 1 amide bonds. The van der Waals surface area contributed by atoms with Crippen molar-refractivity contribution >= 4 is 44.9 Å². The van der Waals surface area contributed by atoms with E-state index in [2.05, 4.69) is 20.3 Å². The Morgan fingerprint density at radius 1 is 1.16 bits per heavy atom. The van der Waals surface area contributed by atoms with E-state index in [1.807, 2.05) is 49.4 Å². The van der Waals surface area contributed by atoms with E-state index in [0.717, 1.165) is 33.0 Å². The first-order chi connectivity index (χ1) is 15.6. The average Bonchev–Trinajstić information content (AvgIpc) is 3.15. The topological polar surface area (TPSA) is 86.2 Å². The van der Waals surface area contributed by atoms with Gasteiger partial charge in [-0.1, -0.05) is 18.2 Å². The average molecular weight is 467 g/mol. The molecule has 4 rings (SSSR count). The van der Waals surface area contributed by atoms with Gasteiger partial charge in [0, 0.05) is 24.7 Å². The molecule has 0 atom stereocenters. The number of rotatable bonds is 8. The summed E-state index contributed by atoms with van der Waals surface area (Å²) >= 11 is 2.97. The van der Waals surface area contributed by atoms with Crippen LogP contribution in [0.25, 0.3) is 10.2 Å². The summed E-state index contributed by atoms with van der Waals surface area (Å²) < 4.78 is 10.6. The zero-order chi connectivity index (χ0) is 22.5. The van der Waals surface area contributed by atoms with Gasteiger partial charge in [-0.3, -0.25) is 4.79 Å². The van der Waals surface area contributed by atoms with E-state index in [-0.39, 0.29) is 12.5 Å². The number of carbonyl (C=O) groups is 1. The molecule has 7 nitrogen and oxygen atoms in total. The Morgan fingerprint density at radius 2 is 2.03 bits per heavy atom. The summed E-state index contributed by atoms with van der Waals surface area (Å²) in [6.07, 6.45) is 1.78. The van der Waals surface area contributed by atoms with Crippen molar-refractivity contribution in [3.63, 3.8) is 0 Å². The van der Waals surface area contributed by atoms with Gasteiger partial charge in [0.25, 0.3) is 5.91 Å². The smallest absolute Gasteiger partial charge is 0.266 e. The Labute approximate surface area is 194 Å². The number of thioether (sulfide) groups is 1. The fraction of sp³-hybridized carbons (Fsp3) is 0.217. The van der Waals surface area contributed by atoms with E-state index < -0.39 is 0 Å². The zero-order valence-corrected chi connectivity index (χ0v) is 19.5. The van der Waals surface area contributed by atoms with E-state index in [1.54, 1.807) is 32.2 Å². The molecule has 1 aromatic carbocycles. The lowest BCUT2D eigenvalue weighted by Crippen LogP contribution is -2.11. The van der Waals surface area contributed by atoms with Gasteiger partial charge in [0.1, 0.15) is 11.4 Å². The molecule has 1 N–H and O–H groups in total. The van der Waals surface area contributed by atoms with Crippen LogP contribution in [0.5, 0.6) is 5.88 Å². The van der Waals surface area contributed by atoms with Crippen LogP contribution in [0.1, 0.15) is 26.6 Å². The van der Waals surface area contributed by atoms with Gasteiger partial charge >= 0.3 is 0 Å². The highest BCUT2D eigenvalue weighted by Gasteiger charge is 2.21. The molecule has 0 fully saturated rings. The van der Waals surface area contributed by atoms with E-state index in [9.17, 15) is 4.79 Å². The van der Waals surface area contributed by atoms with Crippen LogP contribution in [0, 0.1) is 6.92 Å². The van der Waals surface area contributed by atoms with Crippen molar-refractivity contribution in [3.05, 3.63) is 70.5 Å². The zero-order valence-electron chi connectivity index (χ0n) is 17.9. The lowest BCUT2D eigenvalue weighted by Gasteiger charge is -2.07. The minimum atomic E-state index is -0.185. The number of hydrogen-bond donors (Lipinski definition) is 1. The summed E-state index contributed by atoms with van der Waals surface area (Å²) in [5.41, 5.74) is 2.64. The number of aromatic nitrogens is 3. The molecule has 4 aromatic rings. The number of hydrogen-bond acceptors (Lipinski definition) is 8. The molecule has 0 radical (unpaired) electrons. The van der Waals surface area contributed by atoms with Crippen LogP contribution in [0.2, 0.25) is 0 Å². The highest BCUT2D eigenvalue weighted by atomic mass is 32.2. The van der Waals surface area contributed by atoms with Crippen LogP contribution < -0.4 is 10.1 Å². The second-order valence-electron chi connectivity index (χ2n) is 6.93. The molecule has 9 heteroatoms. The van der Waals surface area contributed by atoms with Crippen LogP contribution in [0.3, 0.4) is 0 Å². The molecule has 0 saturated heterocycles. The first kappa shape index (κ1) is 22.2. The first-order valence-electron chi connectivity index (χ1n) is 9.86. The third-order valence-corrected chi connectivity index (χ3v) is 6.88. The van der Waals surface area contributed by atoms with E-state index in [0.29, 0.717) is 21.4 Å². The number of nitrogens with zero attached hydrogens (tertiary/aromatic N) is 3. The lowest BCUT2D eigenvalue weighted by atomic mass is 10.2. The number of ether oxygens (including phenoxy) is 2. The fourth-order valence-corrected chi connectivity index (χ4v) is 5.11. The number of nitrogens with one attached hydrogen (secondary N) is 1. The van der Waals surface area contributed by atoms with E-state index >= 15 is 0 Å². The molecule has 0 bridgehead atoms. The van der Waals surface area contributed by atoms with Crippen LogP contribution >= 0.6 is 23.1 Å². The van der Waals surface area contributed by atoms with E-state index in [4.69, 9.17) is 9.47 Å². The number of thiophene rings is 1. The Morgan fingerprint density at radius 3 is 2.78 bits per heavy atom. The van der Waals surface area contributed by atoms with Crippen LogP contribution in [-0.4, -0.2) is 35.1 Å². The summed E-state index contributed by atoms with van der Waals surface area (Å²) in [4.78, 5) is 27.6. The second kappa shape index (κ2) is 10.1. The molecule has 0 aliphatic rings. The Hall–Kier alpha value is -3.01. The third-order valence-electron chi connectivity index (χ3n) is 4.69. The minimum absolute atomic E-state index is 0.185. The third kappa shape index (κ3) is 4.90. The van der Waals surface area contributed by atoms with Crippen LogP contribution in [-0.2, 0) is 17.1 Å². The number of benzene rings is 1. The van der Waals surface area contributed by atoms with Crippen molar-refractivity contribution < 1.29 is 14.3 Å². The molecule has 0 aliphatic heterocycles. The lowest BCUT2D eigenvalue weighted by molar-refractivity contribution is 0.103. The van der Waals surface area contributed by atoms with Crippen molar-refractivity contribution in [2.75, 3.05) is 19.5 Å². The maximum absolute atomic E-state index is 13.1. The number of anilines is 1. The number of aryl methyl sites for hydroxylation is 1. The molecule has 164 valence electrons. The Balaban J connectivity index is 1.54. The van der Waals surface area contributed by atoms with Gasteiger partial charge in [-0.15, -0.1) is 23.1 Å². The molecular weight excluding hydrogens is 444 g/mol. The quantitative estimate of drug-likeness (QED) is 0.362. The highest BCUT2D eigenvalue weighted by molar-refractivity contribution is 7.98. The summed E-state index contributed by atoms with van der Waals surface area (Å²) in [6, 6.07) is 13.7. The molecule has 0 aliphatic carbocycles. The Kier molecular flexibility index (Phi) is 6.99. The standard InChI is InChI=1S/C23H22N4O3S2/c1-14-19-22(30-3)26-17(12-29-2)27-23(19)32-20(14)21(28)25-16-8-6-7-15(11-16)13-31-18-9-4-5-10-24-18/h4-11H,12-13H2,1-3H3,(H,25,28). The predicted molar refractivity (Wildman–Crippen MR) is 128 cm³/mol. The van der Waals surface area contributed by atoms with Gasteiger partial charge < -0.3 is 14.8 Å². The van der Waals surface area contributed by atoms with E-state index in [1.165, 1.54) is 11.3 Å². The minimum Gasteiger partial charge on any atom is -0.480 e. The molecule has 0 unspecified atom stereocenters. The van der Waals surface area contributed by atoms with Crippen molar-refractivity contribution in [3.8, 4) is 5.88 Å². The number of pyridine rings is 1. The van der Waals surface area contributed by atoms with Gasteiger partial charge in [-0.05, 0) is 42.3 Å². The van der Waals surface area contributed by atoms with Gasteiger partial charge in [0.2, 0.25) is 5.88 Å². The van der Waals surface area contributed by atoms with Gasteiger partial charge in [-0.25, -0.2) is 9.97 Å². The largest absolute Gasteiger partial charge is 0.480 e. The fourth-order valence-electron chi connectivity index (χ4n) is 3.22. The predicted octanol–water partition coefficient (Wildman–Crippen LogP) is 5.09. The second-order valence-corrected chi connectivity index (χ2v) is 8.92. The normalized spacial score (nSPS) is 11.0. The SMILES string of the molecule is COCc1nc(OC)c2c(C)c(C(=O)Nc3cccc(CSc4ccccn4)c3)sc2n1. The molecule has 0 saturated carbocycles. The number of carbonyl (C=O) groups excluding carboxylic acids is 1. The van der Waals surface area contributed by atoms with Crippen LogP contribution in [0.4, 0.5) is 5.69 Å². The van der Waals surface area contributed by atoms with Gasteiger partial charge in [0.05, 0.1) is 22.4 Å². The molecule has 32 heavy (non-hydrogen) atoms. The number of amides is 1. The van der Waals surface area contributed by atoms with Crippen molar-refractivity contribution in [1.82, 2.24) is 15.0 Å². The summed E-state index contributed by atoms with van der Waals surface area (Å²) in [7, 11) is 3.14. The summed E-state index contributed by atoms with van der Waals surface area (Å²) in [6.45, 7) is 2.16. The van der Waals surface area contributed by atoms with Gasteiger partial charge in [-0.2, -0.15) is 4.98 Å². The van der Waals surface area contributed by atoms with Crippen molar-refractivity contribution in [1.29, 1.82) is 0 Å².